The minimum absolute atomic E-state index is 0.172. The Morgan fingerprint density at radius 1 is 1.54 bits per heavy atom. The van der Waals surface area contributed by atoms with Crippen LogP contribution in [0.4, 0.5) is 0 Å². The van der Waals surface area contributed by atoms with E-state index in [4.69, 9.17) is 0 Å². The summed E-state index contributed by atoms with van der Waals surface area (Å²) in [6, 6.07) is 0. The van der Waals surface area contributed by atoms with Gasteiger partial charge in [0.25, 0.3) is 0 Å². The minimum atomic E-state index is 0.172. The van der Waals surface area contributed by atoms with Crippen LogP contribution in [0.1, 0.15) is 36.2 Å². The highest BCUT2D eigenvalue weighted by Crippen LogP contribution is 2.27. The predicted molar refractivity (Wildman–Crippen MR) is 47.3 cm³/mol. The Labute approximate surface area is 76.9 Å². The summed E-state index contributed by atoms with van der Waals surface area (Å²) in [4.78, 5) is 13.2. The van der Waals surface area contributed by atoms with Crippen LogP contribution in [-0.2, 0) is 7.05 Å². The van der Waals surface area contributed by atoms with Gasteiger partial charge in [0.15, 0.2) is 5.78 Å². The summed E-state index contributed by atoms with van der Waals surface area (Å²) in [5.41, 5.74) is 0.523. The first-order valence-electron chi connectivity index (χ1n) is 4.68. The minimum Gasteiger partial charge on any atom is -0.292 e. The first-order chi connectivity index (χ1) is 6.27. The van der Waals surface area contributed by atoms with Gasteiger partial charge in [-0.3, -0.25) is 4.79 Å². The molecule has 4 nitrogen and oxygen atoms in total. The molecule has 0 unspecified atom stereocenters. The van der Waals surface area contributed by atoms with Gasteiger partial charge in [0.2, 0.25) is 0 Å². The zero-order valence-electron chi connectivity index (χ0n) is 7.73. The second-order valence-corrected chi connectivity index (χ2v) is 3.56. The summed E-state index contributed by atoms with van der Waals surface area (Å²) >= 11 is 0. The van der Waals surface area contributed by atoms with Crippen LogP contribution in [0.3, 0.4) is 0 Å². The van der Waals surface area contributed by atoms with Crippen molar-refractivity contribution in [1.29, 1.82) is 0 Å². The number of carbonyl (C=O) groups excluding carboxylic acids is 1. The van der Waals surface area contributed by atoms with Crippen molar-refractivity contribution in [2.24, 2.45) is 13.0 Å². The summed E-state index contributed by atoms with van der Waals surface area (Å²) < 4.78 is 0. The van der Waals surface area contributed by atoms with E-state index in [0.29, 0.717) is 5.69 Å². The summed E-state index contributed by atoms with van der Waals surface area (Å²) in [7, 11) is 1.73. The van der Waals surface area contributed by atoms with Crippen molar-refractivity contribution in [2.45, 2.75) is 25.7 Å². The lowest BCUT2D eigenvalue weighted by Crippen LogP contribution is -2.11. The second-order valence-electron chi connectivity index (χ2n) is 3.56. The first-order valence-corrected chi connectivity index (χ1v) is 4.68. The third kappa shape index (κ3) is 1.61. The van der Waals surface area contributed by atoms with Gasteiger partial charge >= 0.3 is 0 Å². The van der Waals surface area contributed by atoms with Gasteiger partial charge < -0.3 is 0 Å². The molecule has 1 fully saturated rings. The number of aromatic nitrogens is 3. The molecule has 0 saturated heterocycles. The number of rotatable bonds is 2. The van der Waals surface area contributed by atoms with Gasteiger partial charge in [0, 0.05) is 13.0 Å². The Kier molecular flexibility index (Phi) is 2.12. The van der Waals surface area contributed by atoms with Crippen molar-refractivity contribution in [2.75, 3.05) is 0 Å². The highest BCUT2D eigenvalue weighted by atomic mass is 16.1. The Morgan fingerprint density at radius 2 is 2.23 bits per heavy atom. The zero-order chi connectivity index (χ0) is 9.26. The van der Waals surface area contributed by atoms with Gasteiger partial charge in [-0.1, -0.05) is 12.8 Å². The molecule has 13 heavy (non-hydrogen) atoms. The Hall–Kier alpha value is -1.19. The van der Waals surface area contributed by atoms with Crippen LogP contribution in [0.5, 0.6) is 0 Å². The fourth-order valence-electron chi connectivity index (χ4n) is 1.86. The quantitative estimate of drug-likeness (QED) is 0.641. The van der Waals surface area contributed by atoms with Crippen molar-refractivity contribution in [3.05, 3.63) is 11.9 Å². The molecule has 0 spiro atoms. The second kappa shape index (κ2) is 3.28. The van der Waals surface area contributed by atoms with E-state index in [1.807, 2.05) is 0 Å². The normalized spacial score (nSPS) is 17.9. The summed E-state index contributed by atoms with van der Waals surface area (Å²) in [5.74, 6) is 0.377. The SMILES string of the molecule is Cn1ncc(C(=O)C2CCCC2)n1. The molecule has 1 heterocycles. The van der Waals surface area contributed by atoms with E-state index in [9.17, 15) is 4.79 Å². The van der Waals surface area contributed by atoms with Crippen LogP contribution in [-0.4, -0.2) is 20.8 Å². The molecular weight excluding hydrogens is 166 g/mol. The standard InChI is InChI=1S/C9H13N3O/c1-12-10-6-8(11-12)9(13)7-4-2-3-5-7/h6-7H,2-5H2,1H3. The molecule has 1 saturated carbocycles. The largest absolute Gasteiger partial charge is 0.292 e. The summed E-state index contributed by atoms with van der Waals surface area (Å²) in [6.45, 7) is 0. The van der Waals surface area contributed by atoms with Gasteiger partial charge in [-0.25, -0.2) is 0 Å². The number of Topliss-reactive ketones (excluding diaryl/α,β-unsaturated/α-hetero) is 1. The fourth-order valence-corrected chi connectivity index (χ4v) is 1.86. The number of carbonyl (C=O) groups is 1. The van der Waals surface area contributed by atoms with Crippen molar-refractivity contribution in [3.8, 4) is 0 Å². The maximum Gasteiger partial charge on any atom is 0.187 e. The number of ketones is 1. The molecule has 0 amide bonds. The highest BCUT2D eigenvalue weighted by Gasteiger charge is 2.25. The monoisotopic (exact) mass is 179 g/mol. The lowest BCUT2D eigenvalue weighted by molar-refractivity contribution is 0.0917. The molecule has 0 aliphatic heterocycles. The van der Waals surface area contributed by atoms with Crippen molar-refractivity contribution in [1.82, 2.24) is 15.0 Å². The Bertz CT molecular complexity index is 312. The van der Waals surface area contributed by atoms with E-state index in [0.717, 1.165) is 12.8 Å². The van der Waals surface area contributed by atoms with E-state index >= 15 is 0 Å². The molecule has 1 aromatic heterocycles. The van der Waals surface area contributed by atoms with Crippen molar-refractivity contribution >= 4 is 5.78 Å². The molecule has 0 atom stereocenters. The van der Waals surface area contributed by atoms with Crippen LogP contribution in [0.15, 0.2) is 6.20 Å². The molecule has 0 aromatic carbocycles. The molecule has 0 radical (unpaired) electrons. The maximum absolute atomic E-state index is 11.7. The van der Waals surface area contributed by atoms with Gasteiger partial charge in [-0.2, -0.15) is 15.0 Å². The van der Waals surface area contributed by atoms with Gasteiger partial charge in [0.05, 0.1) is 6.20 Å². The van der Waals surface area contributed by atoms with Gasteiger partial charge in [-0.15, -0.1) is 0 Å². The zero-order valence-corrected chi connectivity index (χ0v) is 7.73. The molecule has 1 aliphatic rings. The lowest BCUT2D eigenvalue weighted by Gasteiger charge is -2.02. The predicted octanol–water partition coefficient (Wildman–Crippen LogP) is 1.19. The molecule has 4 heteroatoms. The summed E-state index contributed by atoms with van der Waals surface area (Å²) in [5, 5.41) is 7.91. The summed E-state index contributed by atoms with van der Waals surface area (Å²) in [6.07, 6.45) is 5.96. The van der Waals surface area contributed by atoms with Crippen LogP contribution in [0.25, 0.3) is 0 Å². The average Bonchev–Trinajstić information content (AvgIpc) is 2.72. The fraction of sp³-hybridized carbons (Fsp3) is 0.667. The third-order valence-corrected chi connectivity index (χ3v) is 2.58. The topological polar surface area (TPSA) is 47.8 Å². The lowest BCUT2D eigenvalue weighted by atomic mass is 10.0. The number of nitrogens with zero attached hydrogens (tertiary/aromatic N) is 3. The van der Waals surface area contributed by atoms with E-state index < -0.39 is 0 Å². The smallest absolute Gasteiger partial charge is 0.187 e. The molecule has 0 bridgehead atoms. The van der Waals surface area contributed by atoms with E-state index in [2.05, 4.69) is 10.2 Å². The third-order valence-electron chi connectivity index (χ3n) is 2.58. The molecule has 70 valence electrons. The number of hydrogen-bond acceptors (Lipinski definition) is 3. The van der Waals surface area contributed by atoms with E-state index in [-0.39, 0.29) is 11.7 Å². The Balaban J connectivity index is 2.12. The molecular formula is C9H13N3O. The van der Waals surface area contributed by atoms with E-state index in [1.54, 1.807) is 13.2 Å². The average molecular weight is 179 g/mol. The maximum atomic E-state index is 11.7. The van der Waals surface area contributed by atoms with Crippen molar-refractivity contribution < 1.29 is 4.79 Å². The van der Waals surface area contributed by atoms with Crippen LogP contribution in [0.2, 0.25) is 0 Å². The Morgan fingerprint density at radius 3 is 2.77 bits per heavy atom. The molecule has 2 rings (SSSR count). The highest BCUT2D eigenvalue weighted by molar-refractivity contribution is 5.95. The molecule has 1 aliphatic carbocycles. The van der Waals surface area contributed by atoms with Gasteiger partial charge in [-0.05, 0) is 12.8 Å². The molecule has 1 aromatic rings. The van der Waals surface area contributed by atoms with Crippen LogP contribution in [0, 0.1) is 5.92 Å². The van der Waals surface area contributed by atoms with E-state index in [1.165, 1.54) is 17.6 Å². The van der Waals surface area contributed by atoms with Crippen LogP contribution >= 0.6 is 0 Å². The number of aryl methyl sites for hydroxylation is 1. The van der Waals surface area contributed by atoms with Crippen molar-refractivity contribution in [3.63, 3.8) is 0 Å². The van der Waals surface area contributed by atoms with Crippen LogP contribution < -0.4 is 0 Å². The van der Waals surface area contributed by atoms with Gasteiger partial charge in [0.1, 0.15) is 5.69 Å². The molecule has 0 N–H and O–H groups in total. The first kappa shape index (κ1) is 8.41. The number of hydrogen-bond donors (Lipinski definition) is 0.